The van der Waals surface area contributed by atoms with Crippen molar-refractivity contribution in [1.82, 2.24) is 0 Å². The van der Waals surface area contributed by atoms with Gasteiger partial charge in [0.05, 0.1) is 0 Å². The topological polar surface area (TPSA) is 108 Å². The lowest BCUT2D eigenvalue weighted by Crippen LogP contribution is -2.11. The number of ether oxygens (including phenoxy) is 4. The Morgan fingerprint density at radius 2 is 1.25 bits per heavy atom. The summed E-state index contributed by atoms with van der Waals surface area (Å²) in [5.41, 5.74) is 5.06. The van der Waals surface area contributed by atoms with Gasteiger partial charge in [-0.25, -0.2) is 0 Å². The summed E-state index contributed by atoms with van der Waals surface area (Å²) in [6.07, 6.45) is 4.35. The maximum absolute atomic E-state index is 12.9. The highest BCUT2D eigenvalue weighted by molar-refractivity contribution is 5.99. The summed E-state index contributed by atoms with van der Waals surface area (Å²) in [5.74, 6) is -0.559. The highest BCUT2D eigenvalue weighted by Crippen LogP contribution is 2.46. The third-order valence-corrected chi connectivity index (χ3v) is 6.96. The summed E-state index contributed by atoms with van der Waals surface area (Å²) in [6, 6.07) is 11.4. The fraction of sp³-hybridized carbons (Fsp3) is 0.531. The van der Waals surface area contributed by atoms with Crippen LogP contribution in [0.5, 0.6) is 0 Å². The molecular weight excluding hydrogens is 512 g/mol. The first-order valence-corrected chi connectivity index (χ1v) is 14.2. The molecule has 1 N–H and O–H groups in total. The summed E-state index contributed by atoms with van der Waals surface area (Å²) in [6.45, 7) is 4.54. The lowest BCUT2D eigenvalue weighted by molar-refractivity contribution is -0.141. The Labute approximate surface area is 237 Å². The van der Waals surface area contributed by atoms with Crippen molar-refractivity contribution in [3.8, 4) is 11.1 Å². The van der Waals surface area contributed by atoms with Crippen molar-refractivity contribution in [1.29, 1.82) is 0 Å². The molecule has 8 nitrogen and oxygen atoms in total. The van der Waals surface area contributed by atoms with Gasteiger partial charge in [0.1, 0.15) is 6.61 Å². The molecule has 0 radical (unpaired) electrons. The van der Waals surface area contributed by atoms with Crippen LogP contribution in [0.4, 0.5) is 0 Å². The Balaban J connectivity index is 1.66. The van der Waals surface area contributed by atoms with Crippen LogP contribution in [0.15, 0.2) is 36.4 Å². The lowest BCUT2D eigenvalue weighted by Gasteiger charge is -2.15. The summed E-state index contributed by atoms with van der Waals surface area (Å²) in [4.78, 5) is 37.5. The number of rotatable bonds is 20. The molecule has 0 fully saturated rings. The number of carbonyl (C=O) groups is 3. The van der Waals surface area contributed by atoms with E-state index in [0.717, 1.165) is 35.1 Å². The molecule has 1 aliphatic carbocycles. The molecule has 0 aromatic heterocycles. The van der Waals surface area contributed by atoms with Crippen LogP contribution in [0.1, 0.15) is 89.6 Å². The van der Waals surface area contributed by atoms with E-state index in [2.05, 4.69) is 0 Å². The number of Topliss-reactive ketones (excluding diaryl/α,β-unsaturated/α-hetero) is 2. The molecule has 0 saturated carbocycles. The van der Waals surface area contributed by atoms with Crippen LogP contribution in [0.3, 0.4) is 0 Å². The largest absolute Gasteiger partial charge is 0.465 e. The van der Waals surface area contributed by atoms with Crippen LogP contribution in [0.25, 0.3) is 11.1 Å². The zero-order valence-electron chi connectivity index (χ0n) is 23.7. The highest BCUT2D eigenvalue weighted by atomic mass is 16.5. The van der Waals surface area contributed by atoms with Gasteiger partial charge in [0, 0.05) is 83.6 Å². The molecule has 2 aromatic rings. The number of hydrogen-bond acceptors (Lipinski definition) is 8. The zero-order valence-corrected chi connectivity index (χ0v) is 23.7. The molecule has 3 rings (SSSR count). The molecule has 1 atom stereocenters. The van der Waals surface area contributed by atoms with Gasteiger partial charge in [0.25, 0.3) is 0 Å². The van der Waals surface area contributed by atoms with Gasteiger partial charge in [-0.05, 0) is 66.5 Å². The van der Waals surface area contributed by atoms with Crippen molar-refractivity contribution in [2.75, 3.05) is 53.4 Å². The van der Waals surface area contributed by atoms with E-state index in [1.165, 1.54) is 6.92 Å². The molecule has 2 aromatic carbocycles. The van der Waals surface area contributed by atoms with Crippen LogP contribution in [0.2, 0.25) is 0 Å². The lowest BCUT2D eigenvalue weighted by atomic mass is 9.93. The minimum atomic E-state index is -0.376. The molecule has 218 valence electrons. The fourth-order valence-corrected chi connectivity index (χ4v) is 4.87. The summed E-state index contributed by atoms with van der Waals surface area (Å²) < 4.78 is 21.5. The summed E-state index contributed by atoms with van der Waals surface area (Å²) in [7, 11) is 1.66. The predicted molar refractivity (Wildman–Crippen MR) is 152 cm³/mol. The van der Waals surface area contributed by atoms with Crippen LogP contribution >= 0.6 is 0 Å². The zero-order chi connectivity index (χ0) is 28.7. The smallest absolute Gasteiger partial charge is 0.302 e. The number of esters is 1. The standard InChI is InChI=1S/C32H42O8/c1-23(34)40-22-30-28-20-24(31(35)8-5-17-38-16-4-3-14-33)10-12-26(28)27-13-11-25(21-29(27)30)32(36)9-6-18-39-19-7-15-37-2/h10-13,20-21,30,33H,3-9,14-19,22H2,1-2H3. The molecule has 1 aliphatic rings. The van der Waals surface area contributed by atoms with E-state index in [-0.39, 0.29) is 36.7 Å². The number of carbonyl (C=O) groups excluding carboxylic acids is 3. The van der Waals surface area contributed by atoms with Crippen molar-refractivity contribution in [2.45, 2.75) is 57.8 Å². The molecule has 0 bridgehead atoms. The number of fused-ring (bicyclic) bond motifs is 3. The minimum Gasteiger partial charge on any atom is -0.465 e. The molecule has 0 heterocycles. The number of methoxy groups -OCH3 is 1. The Morgan fingerprint density at radius 3 is 1.75 bits per heavy atom. The second kappa shape index (κ2) is 17.0. The number of ketones is 2. The van der Waals surface area contributed by atoms with Crippen molar-refractivity contribution in [3.63, 3.8) is 0 Å². The van der Waals surface area contributed by atoms with Crippen LogP contribution in [-0.4, -0.2) is 76.0 Å². The maximum atomic E-state index is 12.9. The van der Waals surface area contributed by atoms with E-state index in [1.807, 2.05) is 36.4 Å². The molecule has 0 spiro atoms. The first-order valence-electron chi connectivity index (χ1n) is 14.2. The normalized spacial score (nSPS) is 13.6. The Hall–Kier alpha value is -2.91. The average molecular weight is 555 g/mol. The molecule has 1 unspecified atom stereocenters. The van der Waals surface area contributed by atoms with Crippen molar-refractivity contribution in [2.24, 2.45) is 0 Å². The third kappa shape index (κ3) is 9.34. The number of aliphatic hydroxyl groups is 1. The molecular formula is C32H42O8. The van der Waals surface area contributed by atoms with Crippen LogP contribution in [0, 0.1) is 0 Å². The van der Waals surface area contributed by atoms with E-state index in [1.54, 1.807) is 7.11 Å². The van der Waals surface area contributed by atoms with E-state index < -0.39 is 0 Å². The number of hydrogen-bond donors (Lipinski definition) is 1. The Morgan fingerprint density at radius 1 is 0.725 bits per heavy atom. The minimum absolute atomic E-state index is 0.0317. The number of unbranched alkanes of at least 4 members (excludes halogenated alkanes) is 1. The second-order valence-corrected chi connectivity index (χ2v) is 10.0. The van der Waals surface area contributed by atoms with Gasteiger partial charge in [-0.3, -0.25) is 14.4 Å². The van der Waals surface area contributed by atoms with E-state index in [9.17, 15) is 14.4 Å². The van der Waals surface area contributed by atoms with Crippen LogP contribution < -0.4 is 0 Å². The molecule has 8 heteroatoms. The Kier molecular flexibility index (Phi) is 13.5. The van der Waals surface area contributed by atoms with E-state index >= 15 is 0 Å². The van der Waals surface area contributed by atoms with Gasteiger partial charge in [-0.15, -0.1) is 0 Å². The van der Waals surface area contributed by atoms with Crippen molar-refractivity contribution < 1.29 is 38.4 Å². The predicted octanol–water partition coefficient (Wildman–Crippen LogP) is 5.13. The van der Waals surface area contributed by atoms with Crippen molar-refractivity contribution >= 4 is 17.5 Å². The third-order valence-electron chi connectivity index (χ3n) is 6.96. The summed E-state index contributed by atoms with van der Waals surface area (Å²) in [5, 5.41) is 8.83. The highest BCUT2D eigenvalue weighted by Gasteiger charge is 2.31. The molecule has 0 saturated heterocycles. The SMILES string of the molecule is COCCCOCCCC(=O)c1ccc2c(c1)C(COC(C)=O)c1cc(C(=O)CCCOCCCCO)ccc1-2. The van der Waals surface area contributed by atoms with E-state index in [4.69, 9.17) is 24.1 Å². The Bertz CT molecular complexity index is 1050. The average Bonchev–Trinajstić information content (AvgIpc) is 3.26. The first-order chi connectivity index (χ1) is 19.5. The van der Waals surface area contributed by atoms with E-state index in [0.29, 0.717) is 76.3 Å². The second-order valence-electron chi connectivity index (χ2n) is 10.0. The number of benzene rings is 2. The van der Waals surface area contributed by atoms with Gasteiger partial charge in [0.2, 0.25) is 0 Å². The maximum Gasteiger partial charge on any atom is 0.302 e. The number of aliphatic hydroxyl groups excluding tert-OH is 1. The monoisotopic (exact) mass is 554 g/mol. The summed E-state index contributed by atoms with van der Waals surface area (Å²) >= 11 is 0. The quantitative estimate of drug-likeness (QED) is 0.136. The van der Waals surface area contributed by atoms with Gasteiger partial charge >= 0.3 is 5.97 Å². The fourth-order valence-electron chi connectivity index (χ4n) is 4.87. The molecule has 0 amide bonds. The van der Waals surface area contributed by atoms with Crippen molar-refractivity contribution in [3.05, 3.63) is 58.7 Å². The van der Waals surface area contributed by atoms with Gasteiger partial charge in [0.15, 0.2) is 11.6 Å². The van der Waals surface area contributed by atoms with Gasteiger partial charge < -0.3 is 24.1 Å². The van der Waals surface area contributed by atoms with Crippen LogP contribution in [-0.2, 0) is 23.7 Å². The van der Waals surface area contributed by atoms with Gasteiger partial charge in [-0.2, -0.15) is 0 Å². The molecule has 40 heavy (non-hydrogen) atoms. The first kappa shape index (κ1) is 31.6. The molecule has 0 aliphatic heterocycles. The van der Waals surface area contributed by atoms with Gasteiger partial charge in [-0.1, -0.05) is 24.3 Å².